The van der Waals surface area contributed by atoms with Crippen LogP contribution >= 0.6 is 7.82 Å². The van der Waals surface area contributed by atoms with E-state index in [1.54, 1.807) is 0 Å². The Kier molecular flexibility index (Phi) is 37.5. The third-order valence-electron chi connectivity index (χ3n) is 9.64. The molecule has 0 aromatic heterocycles. The number of carbonyl (C=O) groups excluding carboxylic acids is 2. The smallest absolute Gasteiger partial charge is 0.462 e. The van der Waals surface area contributed by atoms with E-state index in [2.05, 4.69) is 50.3 Å². The highest BCUT2D eigenvalue weighted by atomic mass is 31.2. The average molecular weight is 813 g/mol. The van der Waals surface area contributed by atoms with Crippen LogP contribution in [0.4, 0.5) is 0 Å². The van der Waals surface area contributed by atoms with Crippen LogP contribution in [0.3, 0.4) is 0 Å². The highest BCUT2D eigenvalue weighted by Gasteiger charge is 2.27. The van der Waals surface area contributed by atoms with Crippen LogP contribution in [0.25, 0.3) is 0 Å². The summed E-state index contributed by atoms with van der Waals surface area (Å²) in [6.07, 6.45) is 43.4. The van der Waals surface area contributed by atoms with Gasteiger partial charge in [0.2, 0.25) is 0 Å². The van der Waals surface area contributed by atoms with Crippen LogP contribution in [-0.4, -0.2) is 74.9 Å². The van der Waals surface area contributed by atoms with E-state index in [1.807, 2.05) is 21.1 Å². The van der Waals surface area contributed by atoms with Crippen molar-refractivity contribution in [3.05, 3.63) is 36.5 Å². The SMILES string of the molecule is CCCCCCCC/C=C/CCCCCCCC(=O)OC[C@H](COP(=O)(O)OCC[N+](C)(C)C)OC(=O)CCC/C=C/C/C=C/CCCCCCCCCCC. The predicted molar refractivity (Wildman–Crippen MR) is 234 cm³/mol. The van der Waals surface area contributed by atoms with Crippen LogP contribution in [-0.2, 0) is 32.7 Å². The maximum Gasteiger partial charge on any atom is 0.472 e. The lowest BCUT2D eigenvalue weighted by Gasteiger charge is -2.24. The first kappa shape index (κ1) is 54.2. The standard InChI is InChI=1S/C46H86NO8P/c1-6-8-10-12-14-16-18-20-22-23-25-27-29-31-33-35-37-39-46(49)55-44(43-54-56(50,51)53-41-40-47(3,4)5)42-52-45(48)38-36-34-32-30-28-26-24-21-19-17-15-13-11-9-7-2/h21,24-25,27,31,33,44H,6-20,22-23,26,28-30,32,34-43H2,1-5H3/p+1/b24-21+,27-25+,33-31+/t44-/m1/s1. The highest BCUT2D eigenvalue weighted by molar-refractivity contribution is 7.47. The van der Waals surface area contributed by atoms with Gasteiger partial charge in [0.25, 0.3) is 0 Å². The normalized spacial score (nSPS) is 13.9. The van der Waals surface area contributed by atoms with Gasteiger partial charge in [0.15, 0.2) is 6.10 Å². The highest BCUT2D eigenvalue weighted by Crippen LogP contribution is 2.43. The maximum absolute atomic E-state index is 12.7. The molecule has 0 aromatic carbocycles. The summed E-state index contributed by atoms with van der Waals surface area (Å²) in [4.78, 5) is 35.3. The van der Waals surface area contributed by atoms with Gasteiger partial charge in [0.1, 0.15) is 19.8 Å². The van der Waals surface area contributed by atoms with E-state index in [0.29, 0.717) is 17.4 Å². The second-order valence-corrected chi connectivity index (χ2v) is 17.9. The zero-order valence-corrected chi connectivity index (χ0v) is 37.8. The number of likely N-dealkylation sites (N-methyl/N-ethyl adjacent to an activating group) is 1. The van der Waals surface area contributed by atoms with Crippen LogP contribution in [0.1, 0.15) is 194 Å². The summed E-state index contributed by atoms with van der Waals surface area (Å²) in [6, 6.07) is 0. The first-order valence-electron chi connectivity index (χ1n) is 22.7. The molecule has 9 nitrogen and oxygen atoms in total. The van der Waals surface area contributed by atoms with Crippen molar-refractivity contribution in [3.63, 3.8) is 0 Å². The van der Waals surface area contributed by atoms with E-state index in [0.717, 1.165) is 57.8 Å². The molecule has 0 aliphatic heterocycles. The van der Waals surface area contributed by atoms with Gasteiger partial charge in [-0.05, 0) is 64.2 Å². The number of rotatable bonds is 41. The van der Waals surface area contributed by atoms with Gasteiger partial charge in [-0.25, -0.2) is 4.57 Å². The summed E-state index contributed by atoms with van der Waals surface area (Å²) >= 11 is 0. The van der Waals surface area contributed by atoms with Crippen LogP contribution in [0.5, 0.6) is 0 Å². The first-order valence-corrected chi connectivity index (χ1v) is 24.2. The summed E-state index contributed by atoms with van der Waals surface area (Å²) in [6.45, 7) is 4.36. The molecule has 0 rings (SSSR count). The van der Waals surface area contributed by atoms with Gasteiger partial charge in [-0.3, -0.25) is 18.6 Å². The van der Waals surface area contributed by atoms with E-state index in [-0.39, 0.29) is 32.0 Å². The fraction of sp³-hybridized carbons (Fsp3) is 0.826. The Morgan fingerprint density at radius 2 is 0.982 bits per heavy atom. The fourth-order valence-corrected chi connectivity index (χ4v) is 6.79. The summed E-state index contributed by atoms with van der Waals surface area (Å²) in [5, 5.41) is 0. The summed E-state index contributed by atoms with van der Waals surface area (Å²) in [5.41, 5.74) is 0. The van der Waals surface area contributed by atoms with Crippen molar-refractivity contribution in [3.8, 4) is 0 Å². The molecular weight excluding hydrogens is 725 g/mol. The van der Waals surface area contributed by atoms with Gasteiger partial charge < -0.3 is 18.9 Å². The lowest BCUT2D eigenvalue weighted by molar-refractivity contribution is -0.870. The minimum atomic E-state index is -4.39. The number of nitrogens with zero attached hydrogens (tertiary/aromatic N) is 1. The number of hydrogen-bond donors (Lipinski definition) is 1. The fourth-order valence-electron chi connectivity index (χ4n) is 6.05. The van der Waals surface area contributed by atoms with Gasteiger partial charge >= 0.3 is 19.8 Å². The topological polar surface area (TPSA) is 108 Å². The minimum absolute atomic E-state index is 0.0231. The van der Waals surface area contributed by atoms with Crippen molar-refractivity contribution in [2.75, 3.05) is 47.5 Å². The van der Waals surface area contributed by atoms with E-state index >= 15 is 0 Å². The number of esters is 2. The van der Waals surface area contributed by atoms with Crippen molar-refractivity contribution < 1.29 is 42.1 Å². The maximum atomic E-state index is 12.7. The van der Waals surface area contributed by atoms with Gasteiger partial charge in [-0.2, -0.15) is 0 Å². The van der Waals surface area contributed by atoms with Gasteiger partial charge in [-0.15, -0.1) is 0 Å². The number of quaternary nitrogens is 1. The summed E-state index contributed by atoms with van der Waals surface area (Å²) < 4.78 is 34.3. The molecule has 0 spiro atoms. The molecule has 0 radical (unpaired) electrons. The third kappa shape index (κ3) is 41.9. The largest absolute Gasteiger partial charge is 0.472 e. The van der Waals surface area contributed by atoms with Crippen molar-refractivity contribution in [1.29, 1.82) is 0 Å². The Morgan fingerprint density at radius 3 is 1.48 bits per heavy atom. The second kappa shape index (κ2) is 38.7. The molecule has 0 aliphatic rings. The molecule has 0 saturated carbocycles. The van der Waals surface area contributed by atoms with Crippen LogP contribution < -0.4 is 0 Å². The molecule has 0 saturated heterocycles. The number of allylic oxidation sites excluding steroid dienone is 6. The van der Waals surface area contributed by atoms with Crippen molar-refractivity contribution in [2.45, 2.75) is 200 Å². The Labute approximate surface area is 344 Å². The van der Waals surface area contributed by atoms with E-state index in [4.69, 9.17) is 18.5 Å². The monoisotopic (exact) mass is 813 g/mol. The Balaban J connectivity index is 4.42. The zero-order chi connectivity index (χ0) is 41.4. The minimum Gasteiger partial charge on any atom is -0.462 e. The molecule has 56 heavy (non-hydrogen) atoms. The van der Waals surface area contributed by atoms with E-state index < -0.39 is 26.5 Å². The molecular formula is C46H87NO8P+. The van der Waals surface area contributed by atoms with Gasteiger partial charge in [0, 0.05) is 12.8 Å². The molecule has 1 unspecified atom stereocenters. The van der Waals surface area contributed by atoms with Crippen molar-refractivity contribution in [1.82, 2.24) is 0 Å². The van der Waals surface area contributed by atoms with Gasteiger partial charge in [-0.1, -0.05) is 153 Å². The summed E-state index contributed by atoms with van der Waals surface area (Å²) in [7, 11) is 1.45. The molecule has 0 heterocycles. The number of unbranched alkanes of at least 4 members (excludes halogenated alkanes) is 21. The molecule has 328 valence electrons. The lowest BCUT2D eigenvalue weighted by atomic mass is 10.1. The molecule has 1 N–H and O–H groups in total. The average Bonchev–Trinajstić information content (AvgIpc) is 3.15. The van der Waals surface area contributed by atoms with Crippen LogP contribution in [0.15, 0.2) is 36.5 Å². The number of ether oxygens (including phenoxy) is 2. The molecule has 0 aliphatic carbocycles. The van der Waals surface area contributed by atoms with Crippen molar-refractivity contribution >= 4 is 19.8 Å². The molecule has 10 heteroatoms. The van der Waals surface area contributed by atoms with E-state index in [1.165, 1.54) is 103 Å². The molecule has 0 amide bonds. The molecule has 0 bridgehead atoms. The molecule has 2 atom stereocenters. The molecule has 0 aromatic rings. The Bertz CT molecular complexity index is 1050. The number of phosphoric ester groups is 1. The first-order chi connectivity index (χ1) is 27.0. The number of carbonyl (C=O) groups is 2. The van der Waals surface area contributed by atoms with E-state index in [9.17, 15) is 19.0 Å². The second-order valence-electron chi connectivity index (χ2n) is 16.4. The third-order valence-corrected chi connectivity index (χ3v) is 10.6. The summed E-state index contributed by atoms with van der Waals surface area (Å²) in [5.74, 6) is -0.859. The van der Waals surface area contributed by atoms with Crippen LogP contribution in [0.2, 0.25) is 0 Å². The Morgan fingerprint density at radius 1 is 0.554 bits per heavy atom. The Hall–Kier alpha value is -1.77. The zero-order valence-electron chi connectivity index (χ0n) is 36.9. The lowest BCUT2D eigenvalue weighted by Crippen LogP contribution is -2.37. The van der Waals surface area contributed by atoms with Crippen LogP contribution in [0, 0.1) is 0 Å². The number of hydrogen-bond acceptors (Lipinski definition) is 7. The predicted octanol–water partition coefficient (Wildman–Crippen LogP) is 12.9. The molecule has 0 fully saturated rings. The van der Waals surface area contributed by atoms with Crippen molar-refractivity contribution in [2.24, 2.45) is 0 Å². The van der Waals surface area contributed by atoms with Gasteiger partial charge in [0.05, 0.1) is 27.7 Å². The quantitative estimate of drug-likeness (QED) is 0.0214. The number of phosphoric acid groups is 1.